The lowest BCUT2D eigenvalue weighted by atomic mass is 9.97. The van der Waals surface area contributed by atoms with Crippen molar-refractivity contribution >= 4 is 5.95 Å². The lowest BCUT2D eigenvalue weighted by Crippen LogP contribution is -2.49. The van der Waals surface area contributed by atoms with Crippen LogP contribution in [0.15, 0.2) is 0 Å². The monoisotopic (exact) mass is 267 g/mol. The molecule has 0 saturated carbocycles. The first-order valence-corrected chi connectivity index (χ1v) is 6.52. The Morgan fingerprint density at radius 3 is 2.32 bits per heavy atom. The minimum Gasteiger partial charge on any atom is -0.467 e. The van der Waals surface area contributed by atoms with Gasteiger partial charge in [0.1, 0.15) is 0 Å². The highest BCUT2D eigenvalue weighted by Crippen LogP contribution is 2.28. The van der Waals surface area contributed by atoms with Crippen LogP contribution in [0, 0.1) is 0 Å². The summed E-state index contributed by atoms with van der Waals surface area (Å²) in [7, 11) is 3.05. The molecular weight excluding hydrogens is 246 g/mol. The molecule has 2 heterocycles. The number of nitrogens with zero attached hydrogens (tertiary/aromatic N) is 4. The van der Waals surface area contributed by atoms with E-state index < -0.39 is 0 Å². The normalized spacial score (nSPS) is 23.3. The molecule has 2 rings (SSSR count). The minimum absolute atomic E-state index is 0.251. The van der Waals surface area contributed by atoms with Gasteiger partial charge < -0.3 is 20.1 Å². The van der Waals surface area contributed by atoms with Crippen molar-refractivity contribution in [2.45, 2.75) is 38.3 Å². The number of methoxy groups -OCH3 is 2. The maximum Gasteiger partial charge on any atom is 0.324 e. The Hall–Kier alpha value is -1.63. The zero-order valence-electron chi connectivity index (χ0n) is 11.7. The van der Waals surface area contributed by atoms with Gasteiger partial charge in [0, 0.05) is 18.6 Å². The van der Waals surface area contributed by atoms with Gasteiger partial charge in [0.05, 0.1) is 14.2 Å². The first-order chi connectivity index (χ1) is 9.19. The Morgan fingerprint density at radius 1 is 1.16 bits per heavy atom. The summed E-state index contributed by atoms with van der Waals surface area (Å²) in [5.41, 5.74) is 5.86. The Kier molecular flexibility index (Phi) is 4.36. The summed E-state index contributed by atoms with van der Waals surface area (Å²) in [6.45, 7) is 2.74. The summed E-state index contributed by atoms with van der Waals surface area (Å²) in [6.07, 6.45) is 3.34. The third-order valence-corrected chi connectivity index (χ3v) is 3.48. The number of hydrogen-bond donors (Lipinski definition) is 1. The summed E-state index contributed by atoms with van der Waals surface area (Å²) in [5.74, 6) is 0.575. The van der Waals surface area contributed by atoms with E-state index in [1.807, 2.05) is 0 Å². The molecule has 1 fully saturated rings. The molecule has 0 radical (unpaired) electrons. The molecule has 106 valence electrons. The van der Waals surface area contributed by atoms with Gasteiger partial charge in [-0.05, 0) is 26.2 Å². The lowest BCUT2D eigenvalue weighted by Gasteiger charge is -2.40. The van der Waals surface area contributed by atoms with Gasteiger partial charge in [0.15, 0.2) is 0 Å². The Labute approximate surface area is 113 Å². The third-order valence-electron chi connectivity index (χ3n) is 3.48. The smallest absolute Gasteiger partial charge is 0.324 e. The van der Waals surface area contributed by atoms with Crippen LogP contribution >= 0.6 is 0 Å². The van der Waals surface area contributed by atoms with Crippen molar-refractivity contribution in [2.75, 3.05) is 25.7 Å². The molecule has 1 aromatic rings. The van der Waals surface area contributed by atoms with Crippen molar-refractivity contribution in [3.63, 3.8) is 0 Å². The standard InChI is InChI=1S/C12H21N5O2/c1-8-5-4-6-9(7-13)17(8)10-14-11(18-2)16-12(15-10)19-3/h8-9H,4-7,13H2,1-3H3. The lowest BCUT2D eigenvalue weighted by molar-refractivity contribution is 0.333. The van der Waals surface area contributed by atoms with E-state index in [2.05, 4.69) is 26.8 Å². The molecule has 0 aliphatic carbocycles. The van der Waals surface area contributed by atoms with Crippen molar-refractivity contribution in [1.82, 2.24) is 15.0 Å². The van der Waals surface area contributed by atoms with Gasteiger partial charge in [-0.3, -0.25) is 0 Å². The summed E-state index contributed by atoms with van der Waals surface area (Å²) >= 11 is 0. The van der Waals surface area contributed by atoms with Gasteiger partial charge >= 0.3 is 12.0 Å². The maximum atomic E-state index is 5.86. The van der Waals surface area contributed by atoms with E-state index in [-0.39, 0.29) is 18.1 Å². The molecule has 7 nitrogen and oxygen atoms in total. The summed E-state index contributed by atoms with van der Waals surface area (Å²) in [5, 5.41) is 0. The van der Waals surface area contributed by atoms with Crippen LogP contribution in [0.5, 0.6) is 12.0 Å². The van der Waals surface area contributed by atoms with E-state index in [1.165, 1.54) is 20.6 Å². The molecule has 2 atom stereocenters. The molecule has 0 aromatic carbocycles. The minimum atomic E-state index is 0.251. The predicted octanol–water partition coefficient (Wildman–Crippen LogP) is 0.595. The Bertz CT molecular complexity index is 406. The van der Waals surface area contributed by atoms with E-state index in [0.29, 0.717) is 18.5 Å². The first-order valence-electron chi connectivity index (χ1n) is 6.52. The molecule has 0 spiro atoms. The number of ether oxygens (including phenoxy) is 2. The zero-order chi connectivity index (χ0) is 13.8. The molecule has 1 saturated heterocycles. The maximum absolute atomic E-state index is 5.86. The number of piperidine rings is 1. The molecular formula is C12H21N5O2. The molecule has 1 aromatic heterocycles. The molecule has 19 heavy (non-hydrogen) atoms. The number of hydrogen-bond acceptors (Lipinski definition) is 7. The Balaban J connectivity index is 2.36. The van der Waals surface area contributed by atoms with Crippen LogP contribution in [0.1, 0.15) is 26.2 Å². The molecule has 2 unspecified atom stereocenters. The van der Waals surface area contributed by atoms with Gasteiger partial charge in [-0.15, -0.1) is 4.98 Å². The van der Waals surface area contributed by atoms with E-state index >= 15 is 0 Å². The van der Waals surface area contributed by atoms with Crippen molar-refractivity contribution in [1.29, 1.82) is 0 Å². The SMILES string of the molecule is COc1nc(OC)nc(N2C(C)CCCC2CN)n1. The third kappa shape index (κ3) is 2.86. The van der Waals surface area contributed by atoms with Gasteiger partial charge in [-0.25, -0.2) is 0 Å². The number of anilines is 1. The zero-order valence-corrected chi connectivity index (χ0v) is 11.7. The highest BCUT2D eigenvalue weighted by atomic mass is 16.5. The number of rotatable bonds is 4. The largest absolute Gasteiger partial charge is 0.467 e. The summed E-state index contributed by atoms with van der Waals surface area (Å²) < 4.78 is 10.2. The van der Waals surface area contributed by atoms with Crippen LogP contribution in [-0.2, 0) is 0 Å². The average molecular weight is 267 g/mol. The second-order valence-electron chi connectivity index (χ2n) is 4.69. The number of aromatic nitrogens is 3. The Morgan fingerprint density at radius 2 is 1.79 bits per heavy atom. The first kappa shape index (κ1) is 13.8. The highest BCUT2D eigenvalue weighted by molar-refractivity contribution is 5.36. The van der Waals surface area contributed by atoms with Crippen molar-refractivity contribution < 1.29 is 9.47 Å². The average Bonchev–Trinajstić information content (AvgIpc) is 2.46. The van der Waals surface area contributed by atoms with Crippen LogP contribution < -0.4 is 20.1 Å². The van der Waals surface area contributed by atoms with Crippen LogP contribution in [0.2, 0.25) is 0 Å². The second kappa shape index (κ2) is 6.01. The molecule has 7 heteroatoms. The molecule has 0 amide bonds. The molecule has 0 bridgehead atoms. The fraction of sp³-hybridized carbons (Fsp3) is 0.750. The van der Waals surface area contributed by atoms with E-state index in [4.69, 9.17) is 15.2 Å². The van der Waals surface area contributed by atoms with Crippen LogP contribution in [0.25, 0.3) is 0 Å². The van der Waals surface area contributed by atoms with E-state index in [0.717, 1.165) is 12.8 Å². The summed E-state index contributed by atoms with van der Waals surface area (Å²) in [4.78, 5) is 14.8. The second-order valence-corrected chi connectivity index (χ2v) is 4.69. The van der Waals surface area contributed by atoms with Crippen molar-refractivity contribution in [2.24, 2.45) is 5.73 Å². The van der Waals surface area contributed by atoms with Gasteiger partial charge in [0.25, 0.3) is 0 Å². The summed E-state index contributed by atoms with van der Waals surface area (Å²) in [6, 6.07) is 1.12. The van der Waals surface area contributed by atoms with Crippen molar-refractivity contribution in [3.8, 4) is 12.0 Å². The quantitative estimate of drug-likeness (QED) is 0.854. The topological polar surface area (TPSA) is 86.4 Å². The highest BCUT2D eigenvalue weighted by Gasteiger charge is 2.30. The van der Waals surface area contributed by atoms with Crippen LogP contribution in [0.3, 0.4) is 0 Å². The van der Waals surface area contributed by atoms with E-state index in [1.54, 1.807) is 0 Å². The number of nitrogens with two attached hydrogens (primary N) is 1. The molecule has 1 aliphatic rings. The molecule has 2 N–H and O–H groups in total. The predicted molar refractivity (Wildman–Crippen MR) is 71.6 cm³/mol. The fourth-order valence-corrected chi connectivity index (χ4v) is 2.50. The molecule has 1 aliphatic heterocycles. The van der Waals surface area contributed by atoms with Gasteiger partial charge in [-0.1, -0.05) is 0 Å². The van der Waals surface area contributed by atoms with Gasteiger partial charge in [-0.2, -0.15) is 9.97 Å². The van der Waals surface area contributed by atoms with Crippen LogP contribution in [-0.4, -0.2) is 47.8 Å². The van der Waals surface area contributed by atoms with Crippen molar-refractivity contribution in [3.05, 3.63) is 0 Å². The van der Waals surface area contributed by atoms with Gasteiger partial charge in [0.2, 0.25) is 5.95 Å². The fourth-order valence-electron chi connectivity index (χ4n) is 2.50. The van der Waals surface area contributed by atoms with E-state index in [9.17, 15) is 0 Å². The van der Waals surface area contributed by atoms with Crippen LogP contribution in [0.4, 0.5) is 5.95 Å².